The summed E-state index contributed by atoms with van der Waals surface area (Å²) in [6.07, 6.45) is 1.39. The monoisotopic (exact) mass is 265 g/mol. The molecule has 0 saturated carbocycles. The molecule has 1 fully saturated rings. The predicted molar refractivity (Wildman–Crippen MR) is 64.2 cm³/mol. The molecule has 0 unspecified atom stereocenters. The Balaban J connectivity index is 2.38. The summed E-state index contributed by atoms with van der Waals surface area (Å²) in [7, 11) is 0. The number of hydrogen-bond donors (Lipinski definition) is 3. The summed E-state index contributed by atoms with van der Waals surface area (Å²) >= 11 is 0.739. The highest BCUT2D eigenvalue weighted by atomic mass is 32.2. The first kappa shape index (κ1) is 12.2. The Morgan fingerprint density at radius 3 is 2.61 bits per heavy atom. The standard InChI is InChI=1S/C11H7NO5S/c13-7-2-1-5(3-6(7)10(15)16)4-8-9(14)12-11(17)18-8/h1-4,13H,(H,15,16)(H,12,14,17). The van der Waals surface area contributed by atoms with Crippen LogP contribution in [0, 0.1) is 0 Å². The summed E-state index contributed by atoms with van der Waals surface area (Å²) in [6.45, 7) is 0. The molecule has 3 N–H and O–H groups in total. The van der Waals surface area contributed by atoms with Gasteiger partial charge in [0.25, 0.3) is 11.1 Å². The molecule has 2 rings (SSSR count). The number of carbonyl (C=O) groups excluding carboxylic acids is 2. The zero-order chi connectivity index (χ0) is 13.3. The van der Waals surface area contributed by atoms with E-state index in [4.69, 9.17) is 5.11 Å². The first-order valence-electron chi connectivity index (χ1n) is 4.78. The second-order valence-corrected chi connectivity index (χ2v) is 4.45. The van der Waals surface area contributed by atoms with Gasteiger partial charge in [-0.2, -0.15) is 0 Å². The van der Waals surface area contributed by atoms with Crippen molar-refractivity contribution in [2.75, 3.05) is 0 Å². The Bertz CT molecular complexity index is 593. The number of carbonyl (C=O) groups is 3. The first-order chi connectivity index (χ1) is 8.47. The summed E-state index contributed by atoms with van der Waals surface area (Å²) in [5.74, 6) is -2.15. The fourth-order valence-electron chi connectivity index (χ4n) is 1.39. The summed E-state index contributed by atoms with van der Waals surface area (Å²) < 4.78 is 0. The molecule has 2 amide bonds. The molecule has 1 aromatic carbocycles. The van der Waals surface area contributed by atoms with Gasteiger partial charge in [0.15, 0.2) is 0 Å². The van der Waals surface area contributed by atoms with Crippen LogP contribution < -0.4 is 5.32 Å². The molecule has 7 heteroatoms. The van der Waals surface area contributed by atoms with Gasteiger partial charge in [0.1, 0.15) is 11.3 Å². The number of thioether (sulfide) groups is 1. The van der Waals surface area contributed by atoms with Crippen molar-refractivity contribution >= 4 is 35.0 Å². The van der Waals surface area contributed by atoms with Crippen molar-refractivity contribution in [3.8, 4) is 5.75 Å². The molecule has 0 radical (unpaired) electrons. The fraction of sp³-hybridized carbons (Fsp3) is 0. The minimum Gasteiger partial charge on any atom is -0.507 e. The number of phenols is 1. The number of benzene rings is 1. The Morgan fingerprint density at radius 1 is 1.33 bits per heavy atom. The molecule has 1 aliphatic heterocycles. The van der Waals surface area contributed by atoms with Gasteiger partial charge in [0, 0.05) is 0 Å². The summed E-state index contributed by atoms with van der Waals surface area (Å²) in [6, 6.07) is 3.89. The lowest BCUT2D eigenvalue weighted by Gasteiger charge is -2.01. The zero-order valence-corrected chi connectivity index (χ0v) is 9.65. The Kier molecular flexibility index (Phi) is 3.07. The highest BCUT2D eigenvalue weighted by molar-refractivity contribution is 8.18. The lowest BCUT2D eigenvalue weighted by atomic mass is 10.1. The molecule has 1 heterocycles. The third-order valence-corrected chi connectivity index (χ3v) is 3.00. The van der Waals surface area contributed by atoms with Gasteiger partial charge in [-0.05, 0) is 35.5 Å². The van der Waals surface area contributed by atoms with E-state index in [1.54, 1.807) is 0 Å². The van der Waals surface area contributed by atoms with E-state index in [0.717, 1.165) is 11.8 Å². The predicted octanol–water partition coefficient (Wildman–Crippen LogP) is 1.41. The number of nitrogens with one attached hydrogen (secondary N) is 1. The molecule has 0 atom stereocenters. The minimum absolute atomic E-state index is 0.182. The zero-order valence-electron chi connectivity index (χ0n) is 8.84. The third-order valence-electron chi connectivity index (χ3n) is 2.19. The summed E-state index contributed by atoms with van der Waals surface area (Å²) in [4.78, 5) is 33.2. The smallest absolute Gasteiger partial charge is 0.339 e. The first-order valence-corrected chi connectivity index (χ1v) is 5.60. The number of carboxylic acids is 1. The molecular formula is C11H7NO5S. The van der Waals surface area contributed by atoms with E-state index in [1.165, 1.54) is 24.3 Å². The largest absolute Gasteiger partial charge is 0.507 e. The lowest BCUT2D eigenvalue weighted by Crippen LogP contribution is -2.17. The Labute approximate surface area is 105 Å². The number of rotatable bonds is 2. The van der Waals surface area contributed by atoms with Crippen molar-refractivity contribution in [2.24, 2.45) is 0 Å². The molecule has 0 aromatic heterocycles. The van der Waals surface area contributed by atoms with E-state index < -0.39 is 17.1 Å². The van der Waals surface area contributed by atoms with Crippen LogP contribution in [0.5, 0.6) is 5.75 Å². The quantitative estimate of drug-likeness (QED) is 0.698. The van der Waals surface area contributed by atoms with Crippen LogP contribution in [0.4, 0.5) is 4.79 Å². The van der Waals surface area contributed by atoms with Crippen LogP contribution in [0.1, 0.15) is 15.9 Å². The van der Waals surface area contributed by atoms with Gasteiger partial charge >= 0.3 is 5.97 Å². The van der Waals surface area contributed by atoms with E-state index >= 15 is 0 Å². The molecule has 92 valence electrons. The van der Waals surface area contributed by atoms with E-state index in [-0.39, 0.29) is 16.2 Å². The number of amides is 2. The van der Waals surface area contributed by atoms with Crippen molar-refractivity contribution in [1.29, 1.82) is 0 Å². The SMILES string of the molecule is O=C1NC(=O)C(=Cc2ccc(O)c(C(=O)O)c2)S1. The molecule has 6 nitrogen and oxygen atoms in total. The van der Waals surface area contributed by atoms with Gasteiger partial charge in [0.05, 0.1) is 4.91 Å². The molecule has 18 heavy (non-hydrogen) atoms. The lowest BCUT2D eigenvalue weighted by molar-refractivity contribution is -0.115. The summed E-state index contributed by atoms with van der Waals surface area (Å²) in [5.41, 5.74) is 0.150. The van der Waals surface area contributed by atoms with Crippen LogP contribution in [0.15, 0.2) is 23.1 Å². The molecule has 1 aromatic rings. The van der Waals surface area contributed by atoms with Crippen LogP contribution in [-0.2, 0) is 4.79 Å². The van der Waals surface area contributed by atoms with Gasteiger partial charge in [-0.3, -0.25) is 14.9 Å². The van der Waals surface area contributed by atoms with Gasteiger partial charge < -0.3 is 10.2 Å². The van der Waals surface area contributed by atoms with Crippen molar-refractivity contribution in [1.82, 2.24) is 5.32 Å². The molecule has 1 aliphatic rings. The number of carboxylic acid groups (broad SMARTS) is 1. The van der Waals surface area contributed by atoms with Crippen molar-refractivity contribution in [2.45, 2.75) is 0 Å². The second kappa shape index (κ2) is 4.53. The van der Waals surface area contributed by atoms with Crippen molar-refractivity contribution < 1.29 is 24.6 Å². The fourth-order valence-corrected chi connectivity index (χ4v) is 2.07. The summed E-state index contributed by atoms with van der Waals surface area (Å²) in [5, 5.41) is 19.8. The van der Waals surface area contributed by atoms with Gasteiger partial charge in [-0.25, -0.2) is 4.79 Å². The van der Waals surface area contributed by atoms with Crippen LogP contribution in [0.25, 0.3) is 6.08 Å². The Morgan fingerprint density at radius 2 is 2.06 bits per heavy atom. The number of aromatic hydroxyl groups is 1. The van der Waals surface area contributed by atoms with Crippen LogP contribution >= 0.6 is 11.8 Å². The van der Waals surface area contributed by atoms with Crippen LogP contribution in [-0.4, -0.2) is 27.3 Å². The number of hydrogen-bond acceptors (Lipinski definition) is 5. The second-order valence-electron chi connectivity index (χ2n) is 3.43. The van der Waals surface area contributed by atoms with Crippen molar-refractivity contribution in [3.63, 3.8) is 0 Å². The average molecular weight is 265 g/mol. The highest BCUT2D eigenvalue weighted by Crippen LogP contribution is 2.27. The molecule has 0 aliphatic carbocycles. The highest BCUT2D eigenvalue weighted by Gasteiger charge is 2.25. The number of imide groups is 1. The van der Waals surface area contributed by atoms with Crippen molar-refractivity contribution in [3.05, 3.63) is 34.2 Å². The van der Waals surface area contributed by atoms with E-state index in [1.807, 2.05) is 0 Å². The topological polar surface area (TPSA) is 104 Å². The number of aromatic carboxylic acids is 1. The maximum absolute atomic E-state index is 11.3. The maximum Gasteiger partial charge on any atom is 0.339 e. The van der Waals surface area contributed by atoms with E-state index in [2.05, 4.69) is 5.32 Å². The molecule has 0 bridgehead atoms. The molecule has 0 spiro atoms. The van der Waals surface area contributed by atoms with Gasteiger partial charge in [-0.15, -0.1) is 0 Å². The van der Waals surface area contributed by atoms with Gasteiger partial charge in [-0.1, -0.05) is 6.07 Å². The van der Waals surface area contributed by atoms with Crippen LogP contribution in [0.3, 0.4) is 0 Å². The normalized spacial score (nSPS) is 17.0. The average Bonchev–Trinajstić information content (AvgIpc) is 2.60. The van der Waals surface area contributed by atoms with E-state index in [0.29, 0.717) is 5.56 Å². The maximum atomic E-state index is 11.3. The molecular weight excluding hydrogens is 258 g/mol. The van der Waals surface area contributed by atoms with Gasteiger partial charge in [0.2, 0.25) is 0 Å². The third kappa shape index (κ3) is 2.35. The van der Waals surface area contributed by atoms with Crippen LogP contribution in [0.2, 0.25) is 0 Å². The van der Waals surface area contributed by atoms with E-state index in [9.17, 15) is 19.5 Å². The molecule has 1 saturated heterocycles. The minimum atomic E-state index is -1.27. The Hall–Kier alpha value is -2.28.